The summed E-state index contributed by atoms with van der Waals surface area (Å²) in [5, 5.41) is 14.0. The van der Waals surface area contributed by atoms with Gasteiger partial charge in [-0.1, -0.05) is 49.6 Å². The number of amides is 1. The molecule has 2 N–H and O–H groups in total. The molecule has 5 aromatic rings. The molecule has 364 valence electrons. The Morgan fingerprint density at radius 2 is 1.75 bits per heavy atom. The van der Waals surface area contributed by atoms with E-state index < -0.39 is 25.7 Å². The lowest BCUT2D eigenvalue weighted by atomic mass is 9.72. The summed E-state index contributed by atoms with van der Waals surface area (Å²) in [6, 6.07) is 20.0. The van der Waals surface area contributed by atoms with E-state index in [2.05, 4.69) is 60.3 Å². The molecule has 0 spiro atoms. The summed E-state index contributed by atoms with van der Waals surface area (Å²) < 4.78 is 42.7. The molecule has 0 unspecified atom stereocenters. The number of ether oxygens (including phenoxy) is 2. The van der Waals surface area contributed by atoms with Crippen molar-refractivity contribution in [1.82, 2.24) is 29.4 Å². The molecule has 2 aliphatic carbocycles. The molecule has 1 amide bonds. The van der Waals surface area contributed by atoms with E-state index in [0.717, 1.165) is 119 Å². The number of carbonyl (C=O) groups excluding carboxylic acids is 1. The molecular weight excluding hydrogens is 916 g/mol. The van der Waals surface area contributed by atoms with Gasteiger partial charge in [0.25, 0.3) is 21.6 Å². The Bertz CT molecular complexity index is 2870. The van der Waals surface area contributed by atoms with E-state index in [1.165, 1.54) is 48.2 Å². The highest BCUT2D eigenvalue weighted by Crippen LogP contribution is 2.44. The number of allylic oxidation sites excluding steroid dienone is 1. The standard InChI is InChI=1S/C52H61ClN8O7S/c1-52(2)15-12-38(46(31-52)36-6-8-39(53)9-7-36)33-58-20-24-60(25-21-58)41-10-11-44(49(28-41)68-42-27-37-13-16-54-50(37)55-32-42)51(62)56-69(65,66)43-29-47(61(63)64)45-26-35(34-67-48(45)30-43)14-17-57-18-22-59(23-19-57)40-4-3-5-40/h6-11,13,16,27-30,32,35,40H,3-5,12,14-15,17-26,31,33-34H2,1-2H3,(H,54,55)(H,56,62)/t35-/m0/s1. The molecule has 10 rings (SSSR count). The van der Waals surface area contributed by atoms with Crippen LogP contribution in [0.2, 0.25) is 5.02 Å². The zero-order valence-electron chi connectivity index (χ0n) is 39.4. The first-order chi connectivity index (χ1) is 33.2. The van der Waals surface area contributed by atoms with Gasteiger partial charge in [-0.05, 0) is 110 Å². The maximum Gasteiger partial charge on any atom is 0.277 e. The van der Waals surface area contributed by atoms with Crippen LogP contribution in [0.25, 0.3) is 16.6 Å². The minimum Gasteiger partial charge on any atom is -0.493 e. The number of nitrogens with one attached hydrogen (secondary N) is 2. The summed E-state index contributed by atoms with van der Waals surface area (Å²) in [7, 11) is -4.63. The molecular formula is C52H61ClN8O7S. The van der Waals surface area contributed by atoms with Gasteiger partial charge < -0.3 is 24.3 Å². The number of aromatic amines is 1. The molecule has 69 heavy (non-hydrogen) atoms. The van der Waals surface area contributed by atoms with Crippen LogP contribution < -0.4 is 19.1 Å². The fourth-order valence-electron chi connectivity index (χ4n) is 10.7. The summed E-state index contributed by atoms with van der Waals surface area (Å²) in [6.07, 6.45) is 11.6. The van der Waals surface area contributed by atoms with Crippen molar-refractivity contribution in [1.29, 1.82) is 0 Å². The van der Waals surface area contributed by atoms with E-state index in [1.807, 2.05) is 18.2 Å². The highest BCUT2D eigenvalue weighted by atomic mass is 35.5. The number of fused-ring (bicyclic) bond motifs is 2. The van der Waals surface area contributed by atoms with E-state index in [-0.39, 0.29) is 34.1 Å². The number of sulfonamides is 1. The third kappa shape index (κ3) is 10.7. The van der Waals surface area contributed by atoms with E-state index in [0.29, 0.717) is 30.0 Å². The number of aromatic nitrogens is 2. The summed E-state index contributed by atoms with van der Waals surface area (Å²) in [4.78, 5) is 42.9. The average molecular weight is 978 g/mol. The van der Waals surface area contributed by atoms with Crippen molar-refractivity contribution in [2.24, 2.45) is 11.3 Å². The minimum absolute atomic E-state index is 0.0342. The van der Waals surface area contributed by atoms with Crippen LogP contribution in [-0.2, 0) is 16.4 Å². The fraction of sp³-hybridized carbons (Fsp3) is 0.462. The fourth-order valence-corrected chi connectivity index (χ4v) is 11.8. The molecule has 5 aliphatic rings. The lowest BCUT2D eigenvalue weighted by Crippen LogP contribution is -2.52. The predicted octanol–water partition coefficient (Wildman–Crippen LogP) is 8.93. The minimum atomic E-state index is -4.63. The number of nitrogens with zero attached hydrogens (tertiary/aromatic N) is 6. The van der Waals surface area contributed by atoms with Crippen LogP contribution in [0.15, 0.2) is 89.6 Å². The molecule has 1 atom stereocenters. The van der Waals surface area contributed by atoms with E-state index in [1.54, 1.807) is 30.5 Å². The smallest absolute Gasteiger partial charge is 0.277 e. The summed E-state index contributed by atoms with van der Waals surface area (Å²) in [6.45, 7) is 14.0. The first-order valence-electron chi connectivity index (χ1n) is 24.4. The maximum atomic E-state index is 14.1. The number of piperazine rings is 2. The number of benzene rings is 3. The van der Waals surface area contributed by atoms with Gasteiger partial charge in [0, 0.05) is 105 Å². The number of halogens is 1. The van der Waals surface area contributed by atoms with Crippen LogP contribution in [-0.4, -0.2) is 122 Å². The van der Waals surface area contributed by atoms with Gasteiger partial charge in [-0.15, -0.1) is 0 Å². The molecule has 3 fully saturated rings. The number of anilines is 1. The normalized spacial score (nSPS) is 20.6. The van der Waals surface area contributed by atoms with Crippen LogP contribution in [0.4, 0.5) is 11.4 Å². The van der Waals surface area contributed by atoms with Crippen molar-refractivity contribution in [2.75, 3.05) is 77.0 Å². The van der Waals surface area contributed by atoms with Gasteiger partial charge in [-0.3, -0.25) is 24.7 Å². The zero-order chi connectivity index (χ0) is 47.9. The Kier molecular flexibility index (Phi) is 13.5. The second-order valence-corrected chi connectivity index (χ2v) is 22.4. The van der Waals surface area contributed by atoms with Gasteiger partial charge in [-0.2, -0.15) is 0 Å². The Morgan fingerprint density at radius 1 is 0.986 bits per heavy atom. The third-order valence-electron chi connectivity index (χ3n) is 15.1. The average Bonchev–Trinajstić information content (AvgIpc) is 3.79. The molecule has 2 aromatic heterocycles. The van der Waals surface area contributed by atoms with Crippen molar-refractivity contribution < 1.29 is 27.6 Å². The van der Waals surface area contributed by atoms with Crippen LogP contribution in [0.5, 0.6) is 17.2 Å². The van der Waals surface area contributed by atoms with Crippen molar-refractivity contribution >= 4 is 55.5 Å². The van der Waals surface area contributed by atoms with Crippen molar-refractivity contribution in [3.63, 3.8) is 0 Å². The van der Waals surface area contributed by atoms with E-state index >= 15 is 0 Å². The van der Waals surface area contributed by atoms with Gasteiger partial charge in [0.1, 0.15) is 22.9 Å². The van der Waals surface area contributed by atoms with Gasteiger partial charge in [0.05, 0.1) is 33.7 Å². The third-order valence-corrected chi connectivity index (χ3v) is 16.6. The molecule has 3 aromatic carbocycles. The number of nitro benzene ring substituents is 1. The van der Waals surface area contributed by atoms with Gasteiger partial charge in [0.15, 0.2) is 0 Å². The van der Waals surface area contributed by atoms with Crippen molar-refractivity contribution in [2.45, 2.75) is 76.2 Å². The topological polar surface area (TPSA) is 166 Å². The number of nitro groups is 1. The Balaban J connectivity index is 0.837. The second kappa shape index (κ2) is 19.7. The molecule has 0 radical (unpaired) electrons. The predicted molar refractivity (Wildman–Crippen MR) is 268 cm³/mol. The molecule has 3 aliphatic heterocycles. The largest absolute Gasteiger partial charge is 0.493 e. The first kappa shape index (κ1) is 47.2. The van der Waals surface area contributed by atoms with E-state index in [9.17, 15) is 23.3 Å². The van der Waals surface area contributed by atoms with Crippen molar-refractivity contribution in [3.8, 4) is 17.2 Å². The van der Waals surface area contributed by atoms with Crippen LogP contribution in [0.1, 0.15) is 80.3 Å². The summed E-state index contributed by atoms with van der Waals surface area (Å²) >= 11 is 6.26. The molecule has 2 saturated heterocycles. The monoisotopic (exact) mass is 976 g/mol. The molecule has 1 saturated carbocycles. The number of carbonyl (C=O) groups is 1. The quantitative estimate of drug-likeness (QED) is 0.0803. The van der Waals surface area contributed by atoms with Crippen LogP contribution in [0.3, 0.4) is 0 Å². The molecule has 15 nitrogen and oxygen atoms in total. The first-order valence-corrected chi connectivity index (χ1v) is 26.3. The summed E-state index contributed by atoms with van der Waals surface area (Å²) in [5.41, 5.74) is 5.81. The lowest BCUT2D eigenvalue weighted by molar-refractivity contribution is -0.386. The Labute approximate surface area is 409 Å². The number of rotatable bonds is 14. The van der Waals surface area contributed by atoms with E-state index in [4.69, 9.17) is 21.1 Å². The maximum absolute atomic E-state index is 14.1. The highest BCUT2D eigenvalue weighted by molar-refractivity contribution is 7.90. The molecule has 0 bridgehead atoms. The Hall–Kier alpha value is -5.52. The van der Waals surface area contributed by atoms with Crippen LogP contribution in [0, 0.1) is 21.4 Å². The summed E-state index contributed by atoms with van der Waals surface area (Å²) in [5.74, 6) is -0.277. The van der Waals surface area contributed by atoms with Gasteiger partial charge in [-0.25, -0.2) is 18.1 Å². The number of hydrogen-bond donors (Lipinski definition) is 2. The zero-order valence-corrected chi connectivity index (χ0v) is 41.0. The Morgan fingerprint density at radius 3 is 2.49 bits per heavy atom. The highest BCUT2D eigenvalue weighted by Gasteiger charge is 2.34. The number of H-pyrrole nitrogens is 1. The van der Waals surface area contributed by atoms with Gasteiger partial charge in [0.2, 0.25) is 0 Å². The number of pyridine rings is 1. The second-order valence-electron chi connectivity index (χ2n) is 20.3. The van der Waals surface area contributed by atoms with Gasteiger partial charge >= 0.3 is 0 Å². The SMILES string of the molecule is CC1(C)CCC(CN2CCN(c3ccc(C(=O)NS(=O)(=O)c4cc5c(c([N+](=O)[O-])c4)C[C@H](CCN4CCN(C6CCC6)CC4)CO5)c(Oc4cnc5[nH]ccc5c4)c3)CC2)=C(c2ccc(Cl)cc2)C1. The molecule has 5 heterocycles. The molecule has 17 heteroatoms. The van der Waals surface area contributed by atoms with Crippen LogP contribution >= 0.6 is 11.6 Å². The van der Waals surface area contributed by atoms with Crippen molar-refractivity contribution in [3.05, 3.63) is 117 Å². The lowest BCUT2D eigenvalue weighted by Gasteiger charge is -2.43. The number of hydrogen-bond acceptors (Lipinski definition) is 12.